The highest BCUT2D eigenvalue weighted by molar-refractivity contribution is 5.76. The van der Waals surface area contributed by atoms with Crippen LogP contribution in [0.2, 0.25) is 0 Å². The van der Waals surface area contributed by atoms with Gasteiger partial charge in [0.15, 0.2) is 0 Å². The number of benzene rings is 1. The van der Waals surface area contributed by atoms with Crippen LogP contribution < -0.4 is 5.32 Å². The molecule has 1 aromatic carbocycles. The van der Waals surface area contributed by atoms with E-state index in [1.807, 2.05) is 4.90 Å². The van der Waals surface area contributed by atoms with Crippen molar-refractivity contribution in [2.75, 3.05) is 13.1 Å². The third-order valence-corrected chi connectivity index (χ3v) is 2.96. The molecule has 2 amide bonds. The van der Waals surface area contributed by atoms with Crippen molar-refractivity contribution in [1.82, 2.24) is 10.2 Å². The Morgan fingerprint density at radius 2 is 2.00 bits per heavy atom. The van der Waals surface area contributed by atoms with Gasteiger partial charge in [0.05, 0.1) is 0 Å². The van der Waals surface area contributed by atoms with Crippen LogP contribution in [-0.2, 0) is 6.54 Å². The molecule has 3 heteroatoms. The summed E-state index contributed by atoms with van der Waals surface area (Å²) in [6.07, 6.45) is 0. The van der Waals surface area contributed by atoms with Crippen molar-refractivity contribution < 1.29 is 4.79 Å². The summed E-state index contributed by atoms with van der Waals surface area (Å²) in [5.41, 5.74) is 2.54. The second kappa shape index (κ2) is 4.56. The second-order valence-electron chi connectivity index (χ2n) is 4.55. The highest BCUT2D eigenvalue weighted by Gasteiger charge is 2.18. The minimum absolute atomic E-state index is 0.0490. The third kappa shape index (κ3) is 2.35. The second-order valence-corrected chi connectivity index (χ2v) is 4.55. The van der Waals surface area contributed by atoms with Crippen molar-refractivity contribution in [2.24, 2.45) is 0 Å². The zero-order chi connectivity index (χ0) is 11.5. The summed E-state index contributed by atoms with van der Waals surface area (Å²) in [4.78, 5) is 13.2. The first-order chi connectivity index (χ1) is 7.66. The van der Waals surface area contributed by atoms with Crippen molar-refractivity contribution in [3.63, 3.8) is 0 Å². The first-order valence-corrected chi connectivity index (χ1v) is 5.78. The lowest BCUT2D eigenvalue weighted by Crippen LogP contribution is -2.27. The molecule has 1 heterocycles. The largest absolute Gasteiger partial charge is 0.336 e. The molecule has 0 aromatic heterocycles. The number of carbonyl (C=O) groups excluding carboxylic acids is 1. The summed E-state index contributed by atoms with van der Waals surface area (Å²) in [6.45, 7) is 6.66. The molecule has 1 aliphatic rings. The molecule has 0 aliphatic carbocycles. The van der Waals surface area contributed by atoms with E-state index in [4.69, 9.17) is 0 Å². The number of hydrogen-bond acceptors (Lipinski definition) is 1. The van der Waals surface area contributed by atoms with Crippen molar-refractivity contribution in [2.45, 2.75) is 26.3 Å². The Morgan fingerprint density at radius 3 is 2.50 bits per heavy atom. The van der Waals surface area contributed by atoms with E-state index in [0.29, 0.717) is 12.5 Å². The minimum atomic E-state index is 0.0490. The van der Waals surface area contributed by atoms with Gasteiger partial charge in [0.2, 0.25) is 0 Å². The number of amides is 2. The average Bonchev–Trinajstić information content (AvgIpc) is 2.65. The molecule has 0 saturated carbocycles. The van der Waals surface area contributed by atoms with Gasteiger partial charge in [0, 0.05) is 19.6 Å². The van der Waals surface area contributed by atoms with Gasteiger partial charge in [-0.2, -0.15) is 0 Å². The highest BCUT2D eigenvalue weighted by Crippen LogP contribution is 2.16. The van der Waals surface area contributed by atoms with Gasteiger partial charge in [-0.05, 0) is 17.0 Å². The van der Waals surface area contributed by atoms with Crippen LogP contribution in [0.3, 0.4) is 0 Å². The van der Waals surface area contributed by atoms with Gasteiger partial charge >= 0.3 is 6.03 Å². The normalized spacial score (nSPS) is 15.7. The first kappa shape index (κ1) is 11.0. The monoisotopic (exact) mass is 218 g/mol. The molecule has 0 atom stereocenters. The van der Waals surface area contributed by atoms with E-state index in [1.54, 1.807) is 0 Å². The Kier molecular flexibility index (Phi) is 3.13. The zero-order valence-corrected chi connectivity index (χ0v) is 9.86. The molecule has 16 heavy (non-hydrogen) atoms. The number of nitrogens with one attached hydrogen (secondary N) is 1. The molecule has 1 aliphatic heterocycles. The first-order valence-electron chi connectivity index (χ1n) is 5.78. The molecule has 0 bridgehead atoms. The van der Waals surface area contributed by atoms with Crippen LogP contribution in [0.25, 0.3) is 0 Å². The molecule has 1 saturated heterocycles. The summed E-state index contributed by atoms with van der Waals surface area (Å²) in [7, 11) is 0. The van der Waals surface area contributed by atoms with E-state index in [-0.39, 0.29) is 6.03 Å². The molecular formula is C13H18N2O. The molecule has 86 valence electrons. The maximum atomic E-state index is 11.4. The van der Waals surface area contributed by atoms with Crippen molar-refractivity contribution in [3.05, 3.63) is 35.4 Å². The van der Waals surface area contributed by atoms with Crippen LogP contribution in [0.15, 0.2) is 24.3 Å². The molecular weight excluding hydrogens is 200 g/mol. The van der Waals surface area contributed by atoms with Crippen LogP contribution >= 0.6 is 0 Å². The van der Waals surface area contributed by atoms with Gasteiger partial charge in [-0.3, -0.25) is 0 Å². The van der Waals surface area contributed by atoms with Gasteiger partial charge < -0.3 is 10.2 Å². The fourth-order valence-corrected chi connectivity index (χ4v) is 1.89. The number of rotatable bonds is 3. The highest BCUT2D eigenvalue weighted by atomic mass is 16.2. The fraction of sp³-hybridized carbons (Fsp3) is 0.462. The van der Waals surface area contributed by atoms with Crippen molar-refractivity contribution >= 4 is 6.03 Å². The van der Waals surface area contributed by atoms with Gasteiger partial charge in [-0.15, -0.1) is 0 Å². The standard InChI is InChI=1S/C13H18N2O/c1-10(2)12-5-3-11(4-6-12)9-15-8-7-14-13(15)16/h3-6,10H,7-9H2,1-2H3,(H,14,16). The van der Waals surface area contributed by atoms with Gasteiger partial charge in [0.25, 0.3) is 0 Å². The Hall–Kier alpha value is -1.51. The molecule has 1 fully saturated rings. The lowest BCUT2D eigenvalue weighted by atomic mass is 10.0. The predicted molar refractivity (Wildman–Crippen MR) is 64.3 cm³/mol. The molecule has 0 unspecified atom stereocenters. The Morgan fingerprint density at radius 1 is 1.31 bits per heavy atom. The molecule has 3 nitrogen and oxygen atoms in total. The van der Waals surface area contributed by atoms with E-state index in [2.05, 4.69) is 43.4 Å². The van der Waals surface area contributed by atoms with E-state index < -0.39 is 0 Å². The van der Waals surface area contributed by atoms with Gasteiger partial charge in [-0.25, -0.2) is 4.79 Å². The quantitative estimate of drug-likeness (QED) is 0.829. The summed E-state index contributed by atoms with van der Waals surface area (Å²) >= 11 is 0. The predicted octanol–water partition coefficient (Wildman–Crippen LogP) is 2.34. The molecule has 1 aromatic rings. The smallest absolute Gasteiger partial charge is 0.317 e. The Bertz CT molecular complexity index is 370. The maximum Gasteiger partial charge on any atom is 0.317 e. The maximum absolute atomic E-state index is 11.4. The summed E-state index contributed by atoms with van der Waals surface area (Å²) in [5, 5.41) is 2.81. The SMILES string of the molecule is CC(C)c1ccc(CN2CCNC2=O)cc1. The van der Waals surface area contributed by atoms with Gasteiger partial charge in [0.1, 0.15) is 0 Å². The molecule has 2 rings (SSSR count). The number of urea groups is 1. The lowest BCUT2D eigenvalue weighted by Gasteiger charge is -2.14. The minimum Gasteiger partial charge on any atom is -0.336 e. The van der Waals surface area contributed by atoms with Crippen LogP contribution in [0.4, 0.5) is 4.79 Å². The van der Waals surface area contributed by atoms with E-state index >= 15 is 0 Å². The van der Waals surface area contributed by atoms with Crippen LogP contribution in [0.5, 0.6) is 0 Å². The molecule has 0 spiro atoms. The van der Waals surface area contributed by atoms with Crippen molar-refractivity contribution in [1.29, 1.82) is 0 Å². The van der Waals surface area contributed by atoms with E-state index in [1.165, 1.54) is 11.1 Å². The Balaban J connectivity index is 2.02. The Labute approximate surface area is 96.5 Å². The fourth-order valence-electron chi connectivity index (χ4n) is 1.89. The molecule has 1 N–H and O–H groups in total. The van der Waals surface area contributed by atoms with Crippen LogP contribution in [0.1, 0.15) is 30.9 Å². The zero-order valence-electron chi connectivity index (χ0n) is 9.86. The topological polar surface area (TPSA) is 32.3 Å². The number of carbonyl (C=O) groups is 1. The van der Waals surface area contributed by atoms with Crippen LogP contribution in [0, 0.1) is 0 Å². The van der Waals surface area contributed by atoms with Crippen LogP contribution in [-0.4, -0.2) is 24.0 Å². The summed E-state index contributed by atoms with van der Waals surface area (Å²) in [6, 6.07) is 8.57. The molecule has 0 radical (unpaired) electrons. The van der Waals surface area contributed by atoms with E-state index in [0.717, 1.165) is 13.1 Å². The summed E-state index contributed by atoms with van der Waals surface area (Å²) in [5.74, 6) is 0.559. The number of nitrogens with zero attached hydrogens (tertiary/aromatic N) is 1. The summed E-state index contributed by atoms with van der Waals surface area (Å²) < 4.78 is 0. The average molecular weight is 218 g/mol. The number of hydrogen-bond donors (Lipinski definition) is 1. The van der Waals surface area contributed by atoms with Gasteiger partial charge in [-0.1, -0.05) is 38.1 Å². The van der Waals surface area contributed by atoms with Crippen molar-refractivity contribution in [3.8, 4) is 0 Å². The lowest BCUT2D eigenvalue weighted by molar-refractivity contribution is 0.215. The third-order valence-electron chi connectivity index (χ3n) is 2.96. The van der Waals surface area contributed by atoms with E-state index in [9.17, 15) is 4.79 Å².